The van der Waals surface area contributed by atoms with Gasteiger partial charge in [-0.3, -0.25) is 0 Å². The Morgan fingerprint density at radius 3 is 2.53 bits per heavy atom. The van der Waals surface area contributed by atoms with E-state index in [0.717, 1.165) is 0 Å². The first-order valence-corrected chi connectivity index (χ1v) is 5.58. The molecule has 17 heavy (non-hydrogen) atoms. The van der Waals surface area contributed by atoms with Crippen molar-refractivity contribution in [3.8, 4) is 0 Å². The molecule has 1 heterocycles. The Labute approximate surface area is 99.8 Å². The highest BCUT2D eigenvalue weighted by Crippen LogP contribution is 2.28. The summed E-state index contributed by atoms with van der Waals surface area (Å²) in [6.07, 6.45) is 0.475. The zero-order chi connectivity index (χ0) is 13.1. The van der Waals surface area contributed by atoms with Crippen molar-refractivity contribution in [1.29, 1.82) is 0 Å². The molecule has 0 saturated heterocycles. The Morgan fingerprint density at radius 1 is 1.53 bits per heavy atom. The highest BCUT2D eigenvalue weighted by molar-refractivity contribution is 5.76. The Kier molecular flexibility index (Phi) is 4.17. The fourth-order valence-corrected chi connectivity index (χ4v) is 1.80. The lowest BCUT2D eigenvalue weighted by atomic mass is 9.93. The number of methoxy groups -OCH3 is 1. The van der Waals surface area contributed by atoms with Crippen LogP contribution in [0.25, 0.3) is 0 Å². The molecule has 0 aliphatic rings. The fraction of sp³-hybridized carbons (Fsp3) is 0.800. The van der Waals surface area contributed by atoms with Crippen LogP contribution in [0.1, 0.15) is 45.5 Å². The molecule has 7 nitrogen and oxygen atoms in total. The van der Waals surface area contributed by atoms with Crippen molar-refractivity contribution < 1.29 is 14.6 Å². The average molecular weight is 242 g/mol. The number of rotatable bonds is 6. The number of carbonyl (C=O) groups is 1. The van der Waals surface area contributed by atoms with Crippen LogP contribution in [0.15, 0.2) is 0 Å². The molecule has 0 radical (unpaired) electrons. The van der Waals surface area contributed by atoms with Crippen LogP contribution >= 0.6 is 0 Å². The standard InChI is InChI=1S/C10H18N4O3/c1-5-10(6-2,9(15)16)14-8(7(3)17-4)11-12-13-14/h7H,5-6H2,1-4H3,(H,15,16). The van der Waals surface area contributed by atoms with E-state index in [9.17, 15) is 9.90 Å². The van der Waals surface area contributed by atoms with E-state index in [4.69, 9.17) is 4.74 Å². The molecule has 0 saturated carbocycles. The maximum absolute atomic E-state index is 11.5. The number of hydrogen-bond acceptors (Lipinski definition) is 5. The van der Waals surface area contributed by atoms with Crippen LogP contribution in [0.5, 0.6) is 0 Å². The van der Waals surface area contributed by atoms with Gasteiger partial charge in [0, 0.05) is 7.11 Å². The summed E-state index contributed by atoms with van der Waals surface area (Å²) in [5, 5.41) is 20.6. The summed E-state index contributed by atoms with van der Waals surface area (Å²) < 4.78 is 6.51. The third kappa shape index (κ3) is 2.14. The second-order valence-corrected chi connectivity index (χ2v) is 3.87. The lowest BCUT2D eigenvalue weighted by Crippen LogP contribution is -2.43. The maximum Gasteiger partial charge on any atom is 0.331 e. The summed E-state index contributed by atoms with van der Waals surface area (Å²) in [7, 11) is 1.53. The van der Waals surface area contributed by atoms with Gasteiger partial charge in [-0.15, -0.1) is 5.10 Å². The summed E-state index contributed by atoms with van der Waals surface area (Å²) in [5.41, 5.74) is -1.11. The number of tetrazole rings is 1. The third-order valence-corrected chi connectivity index (χ3v) is 3.18. The van der Waals surface area contributed by atoms with Crippen LogP contribution in [0.2, 0.25) is 0 Å². The first kappa shape index (κ1) is 13.6. The van der Waals surface area contributed by atoms with Gasteiger partial charge in [0.05, 0.1) is 0 Å². The zero-order valence-corrected chi connectivity index (χ0v) is 10.5. The first-order valence-electron chi connectivity index (χ1n) is 5.58. The van der Waals surface area contributed by atoms with Gasteiger partial charge >= 0.3 is 5.97 Å². The van der Waals surface area contributed by atoms with Crippen molar-refractivity contribution >= 4 is 5.97 Å². The lowest BCUT2D eigenvalue weighted by molar-refractivity contribution is -0.149. The Hall–Kier alpha value is -1.50. The Morgan fingerprint density at radius 2 is 2.12 bits per heavy atom. The normalized spacial score (nSPS) is 13.6. The zero-order valence-electron chi connectivity index (χ0n) is 10.5. The second-order valence-electron chi connectivity index (χ2n) is 3.87. The highest BCUT2D eigenvalue weighted by Gasteiger charge is 2.41. The monoisotopic (exact) mass is 242 g/mol. The number of ether oxygens (including phenoxy) is 1. The van der Waals surface area contributed by atoms with Gasteiger partial charge in [0.1, 0.15) is 6.10 Å². The van der Waals surface area contributed by atoms with Crippen LogP contribution in [0.4, 0.5) is 0 Å². The quantitative estimate of drug-likeness (QED) is 0.799. The number of aromatic nitrogens is 4. The lowest BCUT2D eigenvalue weighted by Gasteiger charge is -2.28. The van der Waals surface area contributed by atoms with Gasteiger partial charge in [0.15, 0.2) is 11.4 Å². The van der Waals surface area contributed by atoms with Crippen LogP contribution < -0.4 is 0 Å². The van der Waals surface area contributed by atoms with Crippen molar-refractivity contribution in [2.45, 2.75) is 45.3 Å². The molecule has 1 atom stereocenters. The predicted octanol–water partition coefficient (Wildman–Crippen LogP) is 0.980. The number of hydrogen-bond donors (Lipinski definition) is 1. The van der Waals surface area contributed by atoms with E-state index in [-0.39, 0.29) is 6.10 Å². The van der Waals surface area contributed by atoms with Gasteiger partial charge in [0.2, 0.25) is 0 Å². The van der Waals surface area contributed by atoms with Crippen molar-refractivity contribution in [2.75, 3.05) is 7.11 Å². The van der Waals surface area contributed by atoms with Gasteiger partial charge in [-0.25, -0.2) is 9.48 Å². The largest absolute Gasteiger partial charge is 0.479 e. The predicted molar refractivity (Wildman–Crippen MR) is 59.4 cm³/mol. The smallest absolute Gasteiger partial charge is 0.331 e. The molecule has 1 unspecified atom stereocenters. The van der Waals surface area contributed by atoms with E-state index in [0.29, 0.717) is 18.7 Å². The van der Waals surface area contributed by atoms with Crippen molar-refractivity contribution in [1.82, 2.24) is 20.2 Å². The van der Waals surface area contributed by atoms with E-state index >= 15 is 0 Å². The van der Waals surface area contributed by atoms with Crippen molar-refractivity contribution in [2.24, 2.45) is 0 Å². The van der Waals surface area contributed by atoms with E-state index in [2.05, 4.69) is 15.5 Å². The van der Waals surface area contributed by atoms with Crippen LogP contribution in [-0.2, 0) is 15.1 Å². The topological polar surface area (TPSA) is 90.1 Å². The van der Waals surface area contributed by atoms with E-state index in [1.807, 2.05) is 0 Å². The summed E-state index contributed by atoms with van der Waals surface area (Å²) in [6, 6.07) is 0. The molecule has 0 fully saturated rings. The second kappa shape index (κ2) is 5.22. The molecule has 0 spiro atoms. The molecule has 0 aliphatic carbocycles. The van der Waals surface area contributed by atoms with E-state index in [1.54, 1.807) is 20.8 Å². The van der Waals surface area contributed by atoms with Gasteiger partial charge < -0.3 is 9.84 Å². The SMILES string of the molecule is CCC(CC)(C(=O)O)n1nnnc1C(C)OC. The molecule has 0 amide bonds. The third-order valence-electron chi connectivity index (χ3n) is 3.18. The minimum Gasteiger partial charge on any atom is -0.479 e. The van der Waals surface area contributed by atoms with Gasteiger partial charge in [-0.05, 0) is 30.2 Å². The van der Waals surface area contributed by atoms with Gasteiger partial charge in [0.25, 0.3) is 0 Å². The van der Waals surface area contributed by atoms with Crippen LogP contribution in [0, 0.1) is 0 Å². The first-order chi connectivity index (χ1) is 8.03. The van der Waals surface area contributed by atoms with Crippen LogP contribution in [0.3, 0.4) is 0 Å². The summed E-state index contributed by atoms with van der Waals surface area (Å²) >= 11 is 0. The van der Waals surface area contributed by atoms with Crippen LogP contribution in [-0.4, -0.2) is 38.4 Å². The molecule has 7 heteroatoms. The van der Waals surface area contributed by atoms with Crippen molar-refractivity contribution in [3.05, 3.63) is 5.82 Å². The Balaban J connectivity index is 3.29. The number of nitrogens with zero attached hydrogens (tertiary/aromatic N) is 4. The molecule has 96 valence electrons. The van der Waals surface area contributed by atoms with Gasteiger partial charge in [-0.1, -0.05) is 13.8 Å². The van der Waals surface area contributed by atoms with Gasteiger partial charge in [-0.2, -0.15) is 0 Å². The number of carboxylic acids is 1. The minimum absolute atomic E-state index is 0.346. The molecule has 1 N–H and O–H groups in total. The van der Waals surface area contributed by atoms with Crippen molar-refractivity contribution in [3.63, 3.8) is 0 Å². The number of aliphatic carboxylic acids is 1. The molecule has 0 bridgehead atoms. The molecule has 1 aromatic rings. The number of carboxylic acid groups (broad SMARTS) is 1. The molecule has 1 rings (SSSR count). The molecular weight excluding hydrogens is 224 g/mol. The highest BCUT2D eigenvalue weighted by atomic mass is 16.5. The molecule has 1 aromatic heterocycles. The molecule has 0 aliphatic heterocycles. The molecule has 0 aromatic carbocycles. The summed E-state index contributed by atoms with van der Waals surface area (Å²) in [5.74, 6) is -0.502. The summed E-state index contributed by atoms with van der Waals surface area (Å²) in [6.45, 7) is 5.39. The average Bonchev–Trinajstić information content (AvgIpc) is 2.80. The minimum atomic E-state index is -1.11. The Bertz CT molecular complexity index is 387. The fourth-order valence-electron chi connectivity index (χ4n) is 1.80. The van der Waals surface area contributed by atoms with E-state index < -0.39 is 11.5 Å². The maximum atomic E-state index is 11.5. The van der Waals surface area contributed by atoms with E-state index in [1.165, 1.54) is 11.8 Å². The molecular formula is C10H18N4O3. The summed E-state index contributed by atoms with van der Waals surface area (Å²) in [4.78, 5) is 11.5.